The van der Waals surface area contributed by atoms with Crippen LogP contribution < -0.4 is 0 Å². The van der Waals surface area contributed by atoms with E-state index in [-0.39, 0.29) is 10.6 Å². The van der Waals surface area contributed by atoms with Gasteiger partial charge in [0.05, 0.1) is 5.69 Å². The molecule has 0 spiro atoms. The molecule has 1 aliphatic rings. The minimum absolute atomic E-state index is 0.226. The third-order valence-corrected chi connectivity index (χ3v) is 5.55. The summed E-state index contributed by atoms with van der Waals surface area (Å²) in [6.07, 6.45) is 0. The van der Waals surface area contributed by atoms with Crippen LogP contribution in [0.25, 0.3) is 0 Å². The number of carbonyl (C=O) groups is 1. The number of sulfonamides is 1. The molecule has 1 aliphatic heterocycles. The molecular weight excluding hydrogens is 296 g/mol. The lowest BCUT2D eigenvalue weighted by molar-refractivity contribution is 0.0691. The second-order valence-corrected chi connectivity index (χ2v) is 6.95. The first-order chi connectivity index (χ1) is 9.78. The highest BCUT2D eigenvalue weighted by Crippen LogP contribution is 2.23. The van der Waals surface area contributed by atoms with Crippen LogP contribution in [0.1, 0.15) is 23.0 Å². The summed E-state index contributed by atoms with van der Waals surface area (Å²) in [5.74, 6) is -1.26. The molecule has 2 rings (SSSR count). The molecule has 0 unspecified atom stereocenters. The number of aromatic nitrogens is 2. The molecule has 1 aromatic rings. The summed E-state index contributed by atoms with van der Waals surface area (Å²) in [5, 5.41) is 13.0. The smallest absolute Gasteiger partial charge is 0.340 e. The molecular formula is C12H20N4O4S. The van der Waals surface area contributed by atoms with Crippen molar-refractivity contribution in [3.05, 3.63) is 11.3 Å². The third kappa shape index (κ3) is 2.81. The van der Waals surface area contributed by atoms with Gasteiger partial charge in [0.15, 0.2) is 0 Å². The molecule has 0 atom stereocenters. The van der Waals surface area contributed by atoms with Crippen LogP contribution in [0.15, 0.2) is 5.03 Å². The molecule has 1 N–H and O–H groups in total. The maximum Gasteiger partial charge on any atom is 0.340 e. The molecule has 8 nitrogen and oxygen atoms in total. The summed E-state index contributed by atoms with van der Waals surface area (Å²) in [6.45, 7) is 5.71. The Morgan fingerprint density at radius 1 is 1.29 bits per heavy atom. The molecule has 1 aromatic heterocycles. The molecule has 1 fully saturated rings. The van der Waals surface area contributed by atoms with Crippen molar-refractivity contribution in [3.63, 3.8) is 0 Å². The number of rotatable bonds is 4. The number of hydrogen-bond donors (Lipinski definition) is 1. The lowest BCUT2D eigenvalue weighted by Gasteiger charge is -2.31. The van der Waals surface area contributed by atoms with Gasteiger partial charge in [-0.3, -0.25) is 4.68 Å². The average Bonchev–Trinajstić information content (AvgIpc) is 2.77. The van der Waals surface area contributed by atoms with Crippen molar-refractivity contribution < 1.29 is 18.3 Å². The summed E-state index contributed by atoms with van der Waals surface area (Å²) >= 11 is 0. The summed E-state index contributed by atoms with van der Waals surface area (Å²) in [4.78, 5) is 13.4. The van der Waals surface area contributed by atoms with E-state index in [9.17, 15) is 18.3 Å². The number of likely N-dealkylation sites (N-methyl/N-ethyl adjacent to an activating group) is 1. The first-order valence-electron chi connectivity index (χ1n) is 6.78. The summed E-state index contributed by atoms with van der Waals surface area (Å²) in [6, 6.07) is 0. The van der Waals surface area contributed by atoms with Crippen LogP contribution in [0.2, 0.25) is 0 Å². The van der Waals surface area contributed by atoms with E-state index in [1.165, 1.54) is 8.99 Å². The first-order valence-corrected chi connectivity index (χ1v) is 8.22. The molecule has 0 amide bonds. The Bertz CT molecular complexity index is 644. The fraction of sp³-hybridized carbons (Fsp3) is 0.667. The molecule has 9 heteroatoms. The van der Waals surface area contributed by atoms with E-state index in [4.69, 9.17) is 0 Å². The highest BCUT2D eigenvalue weighted by molar-refractivity contribution is 7.89. The van der Waals surface area contributed by atoms with Gasteiger partial charge < -0.3 is 10.0 Å². The topological polar surface area (TPSA) is 95.7 Å². The minimum Gasteiger partial charge on any atom is -0.478 e. The molecule has 118 valence electrons. The minimum atomic E-state index is -3.88. The lowest BCUT2D eigenvalue weighted by atomic mass is 10.3. The monoisotopic (exact) mass is 316 g/mol. The number of aromatic carboxylic acids is 1. The third-order valence-electron chi connectivity index (χ3n) is 3.73. The van der Waals surface area contributed by atoms with Crippen LogP contribution in [0.3, 0.4) is 0 Å². The Morgan fingerprint density at radius 3 is 2.33 bits per heavy atom. The standard InChI is InChI=1S/C12H20N4O4S/c1-4-16-9(2)10(12(17)18)11(13-16)21(19,20)15-7-5-14(3)6-8-15/h4-8H2,1-3H3,(H,17,18). The number of nitrogens with zero attached hydrogens (tertiary/aromatic N) is 4. The zero-order chi connectivity index (χ0) is 15.8. The van der Waals surface area contributed by atoms with Gasteiger partial charge in [-0.2, -0.15) is 9.40 Å². The molecule has 1 saturated heterocycles. The Labute approximate surface area is 124 Å². The van der Waals surface area contributed by atoms with Gasteiger partial charge in [0, 0.05) is 32.7 Å². The Hall–Kier alpha value is -1.45. The highest BCUT2D eigenvalue weighted by atomic mass is 32.2. The molecule has 0 aromatic carbocycles. The predicted octanol–water partition coefficient (Wildman–Crippen LogP) is -0.154. The van der Waals surface area contributed by atoms with Crippen molar-refractivity contribution in [2.75, 3.05) is 33.2 Å². The molecule has 0 bridgehead atoms. The van der Waals surface area contributed by atoms with Crippen LogP contribution in [0.5, 0.6) is 0 Å². The number of carboxylic acid groups (broad SMARTS) is 1. The van der Waals surface area contributed by atoms with Crippen LogP contribution >= 0.6 is 0 Å². The lowest BCUT2D eigenvalue weighted by Crippen LogP contribution is -2.47. The van der Waals surface area contributed by atoms with Crippen LogP contribution in [0.4, 0.5) is 0 Å². The van der Waals surface area contributed by atoms with Crippen molar-refractivity contribution in [2.45, 2.75) is 25.4 Å². The molecule has 0 aliphatic carbocycles. The van der Waals surface area contributed by atoms with Crippen molar-refractivity contribution in [2.24, 2.45) is 0 Å². The SMILES string of the molecule is CCn1nc(S(=O)(=O)N2CCN(C)CC2)c(C(=O)O)c1C. The summed E-state index contributed by atoms with van der Waals surface area (Å²) in [7, 11) is -1.96. The molecule has 2 heterocycles. The van der Waals surface area contributed by atoms with Crippen LogP contribution in [-0.2, 0) is 16.6 Å². The van der Waals surface area contributed by atoms with Crippen molar-refractivity contribution >= 4 is 16.0 Å². The molecule has 0 saturated carbocycles. The Balaban J connectivity index is 2.47. The Morgan fingerprint density at radius 2 is 1.86 bits per heavy atom. The van der Waals surface area contributed by atoms with Crippen molar-refractivity contribution in [3.8, 4) is 0 Å². The normalized spacial score (nSPS) is 18.0. The summed E-state index contributed by atoms with van der Waals surface area (Å²) in [5.41, 5.74) is 0.133. The quantitative estimate of drug-likeness (QED) is 0.829. The van der Waals surface area contributed by atoms with Gasteiger partial charge in [0.2, 0.25) is 5.03 Å². The van der Waals surface area contributed by atoms with Gasteiger partial charge >= 0.3 is 5.97 Å². The highest BCUT2D eigenvalue weighted by Gasteiger charge is 2.35. The van der Waals surface area contributed by atoms with Gasteiger partial charge in [-0.05, 0) is 20.9 Å². The zero-order valence-electron chi connectivity index (χ0n) is 12.4. The second-order valence-electron chi connectivity index (χ2n) is 5.09. The van der Waals surface area contributed by atoms with E-state index in [0.717, 1.165) is 0 Å². The number of piperazine rings is 1. The van der Waals surface area contributed by atoms with Gasteiger partial charge in [0.25, 0.3) is 10.0 Å². The van der Waals surface area contributed by atoms with E-state index >= 15 is 0 Å². The summed E-state index contributed by atoms with van der Waals surface area (Å²) < 4.78 is 28.1. The number of carboxylic acids is 1. The van der Waals surface area contributed by atoms with Gasteiger partial charge in [0.1, 0.15) is 5.56 Å². The fourth-order valence-electron chi connectivity index (χ4n) is 2.40. The van der Waals surface area contributed by atoms with Crippen LogP contribution in [-0.4, -0.2) is 71.7 Å². The molecule has 0 radical (unpaired) electrons. The van der Waals surface area contributed by atoms with E-state index in [0.29, 0.717) is 38.4 Å². The fourth-order valence-corrected chi connectivity index (χ4v) is 3.99. The molecule has 21 heavy (non-hydrogen) atoms. The second kappa shape index (κ2) is 5.74. The van der Waals surface area contributed by atoms with Crippen LogP contribution in [0, 0.1) is 6.92 Å². The van der Waals surface area contributed by atoms with Crippen molar-refractivity contribution in [1.29, 1.82) is 0 Å². The number of aryl methyl sites for hydroxylation is 1. The maximum atomic E-state index is 12.7. The number of hydrogen-bond acceptors (Lipinski definition) is 5. The zero-order valence-corrected chi connectivity index (χ0v) is 13.2. The predicted molar refractivity (Wildman–Crippen MR) is 75.9 cm³/mol. The Kier molecular flexibility index (Phi) is 4.35. The van der Waals surface area contributed by atoms with E-state index in [1.807, 2.05) is 11.9 Å². The van der Waals surface area contributed by atoms with E-state index in [2.05, 4.69) is 5.10 Å². The van der Waals surface area contributed by atoms with Gasteiger partial charge in [-0.25, -0.2) is 13.2 Å². The van der Waals surface area contributed by atoms with E-state index < -0.39 is 16.0 Å². The van der Waals surface area contributed by atoms with Crippen molar-refractivity contribution in [1.82, 2.24) is 19.0 Å². The van der Waals surface area contributed by atoms with E-state index in [1.54, 1.807) is 13.8 Å². The maximum absolute atomic E-state index is 12.7. The first kappa shape index (κ1) is 15.9. The van der Waals surface area contributed by atoms with Gasteiger partial charge in [-0.1, -0.05) is 0 Å². The van der Waals surface area contributed by atoms with Gasteiger partial charge in [-0.15, -0.1) is 0 Å². The largest absolute Gasteiger partial charge is 0.478 e. The average molecular weight is 316 g/mol.